The fourth-order valence-corrected chi connectivity index (χ4v) is 1.25. The summed E-state index contributed by atoms with van der Waals surface area (Å²) in [4.78, 5) is 10.3. The first-order chi connectivity index (χ1) is 8.69. The van der Waals surface area contributed by atoms with Crippen molar-refractivity contribution in [3.63, 3.8) is 0 Å². The van der Waals surface area contributed by atoms with Gasteiger partial charge in [0.1, 0.15) is 5.75 Å². The van der Waals surface area contributed by atoms with E-state index in [0.29, 0.717) is 12.1 Å². The summed E-state index contributed by atoms with van der Waals surface area (Å²) >= 11 is 0. The van der Waals surface area contributed by atoms with Crippen molar-refractivity contribution in [2.24, 2.45) is 0 Å². The Morgan fingerprint density at radius 3 is 2.42 bits per heavy atom. The Bertz CT molecular complexity index is 494. The summed E-state index contributed by atoms with van der Waals surface area (Å²) in [6.07, 6.45) is -6.59. The number of carboxylic acid groups (broad SMARTS) is 1. The molecular weight excluding hydrogens is 275 g/mol. The molecule has 1 aromatic carbocycles. The Morgan fingerprint density at radius 1 is 1.32 bits per heavy atom. The van der Waals surface area contributed by atoms with Gasteiger partial charge in [-0.25, -0.2) is 13.6 Å². The highest BCUT2D eigenvalue weighted by Crippen LogP contribution is 2.30. The molecule has 0 amide bonds. The van der Waals surface area contributed by atoms with Crippen molar-refractivity contribution in [3.8, 4) is 5.75 Å². The van der Waals surface area contributed by atoms with Crippen molar-refractivity contribution in [3.05, 3.63) is 35.4 Å². The monoisotopic (exact) mass is 282 g/mol. The number of carbonyl (C=O) groups is 1. The number of ether oxygens (including phenoxy) is 1. The van der Waals surface area contributed by atoms with Gasteiger partial charge in [-0.05, 0) is 23.8 Å². The lowest BCUT2D eigenvalue weighted by Crippen LogP contribution is -2.17. The van der Waals surface area contributed by atoms with Crippen LogP contribution in [0, 0.1) is 0 Å². The van der Waals surface area contributed by atoms with E-state index >= 15 is 0 Å². The second-order valence-electron chi connectivity index (χ2n) is 3.31. The number of aliphatic carboxylic acids is 1. The average molecular weight is 282 g/mol. The van der Waals surface area contributed by atoms with Gasteiger partial charge in [-0.15, -0.1) is 13.2 Å². The van der Waals surface area contributed by atoms with Crippen LogP contribution in [0.4, 0.5) is 22.0 Å². The highest BCUT2D eigenvalue weighted by atomic mass is 19.4. The molecule has 0 aliphatic carbocycles. The van der Waals surface area contributed by atoms with E-state index in [4.69, 9.17) is 5.11 Å². The summed E-state index contributed by atoms with van der Waals surface area (Å²) in [6.45, 7) is 0. The molecule has 0 aromatic heterocycles. The lowest BCUT2D eigenvalue weighted by Gasteiger charge is -2.11. The average Bonchev–Trinajstić information content (AvgIpc) is 2.24. The zero-order chi connectivity index (χ0) is 14.6. The summed E-state index contributed by atoms with van der Waals surface area (Å²) in [7, 11) is 0. The molecule has 3 nitrogen and oxygen atoms in total. The van der Waals surface area contributed by atoms with Crippen LogP contribution in [0.25, 0.3) is 6.08 Å². The number of hydrogen-bond donors (Lipinski definition) is 1. The minimum atomic E-state index is -4.99. The van der Waals surface area contributed by atoms with E-state index in [-0.39, 0.29) is 5.56 Å². The standard InChI is InChI=1S/C11H7F5O3/c12-10(13)8-5-7(19-11(14,15)16)3-1-6(8)2-4-9(17)18/h1-5,10H,(H,17,18)/b4-2+. The fourth-order valence-electron chi connectivity index (χ4n) is 1.25. The minimum Gasteiger partial charge on any atom is -0.478 e. The molecule has 0 saturated heterocycles. The molecule has 1 N–H and O–H groups in total. The Labute approximate surface area is 103 Å². The van der Waals surface area contributed by atoms with Crippen LogP contribution in [0.2, 0.25) is 0 Å². The van der Waals surface area contributed by atoms with E-state index in [2.05, 4.69) is 4.74 Å². The van der Waals surface area contributed by atoms with Gasteiger partial charge in [-0.2, -0.15) is 0 Å². The summed E-state index contributed by atoms with van der Waals surface area (Å²) in [5, 5.41) is 8.36. The predicted molar refractivity (Wildman–Crippen MR) is 54.8 cm³/mol. The van der Waals surface area contributed by atoms with Gasteiger partial charge in [0.2, 0.25) is 0 Å². The molecule has 0 spiro atoms. The number of alkyl halides is 5. The summed E-state index contributed by atoms with van der Waals surface area (Å²) < 4.78 is 64.6. The zero-order valence-corrected chi connectivity index (χ0v) is 9.12. The third kappa shape index (κ3) is 4.94. The Balaban J connectivity index is 3.11. The second kappa shape index (κ2) is 5.68. The molecule has 104 valence electrons. The molecule has 0 radical (unpaired) electrons. The van der Waals surface area contributed by atoms with Gasteiger partial charge in [0.05, 0.1) is 0 Å². The third-order valence-corrected chi connectivity index (χ3v) is 1.93. The fraction of sp³-hybridized carbons (Fsp3) is 0.182. The highest BCUT2D eigenvalue weighted by molar-refractivity contribution is 5.85. The topological polar surface area (TPSA) is 46.5 Å². The number of carboxylic acids is 1. The largest absolute Gasteiger partial charge is 0.573 e. The maximum Gasteiger partial charge on any atom is 0.573 e. The van der Waals surface area contributed by atoms with Gasteiger partial charge in [-0.3, -0.25) is 0 Å². The Hall–Kier alpha value is -2.12. The normalized spacial score (nSPS) is 12.1. The van der Waals surface area contributed by atoms with Crippen LogP contribution in [-0.2, 0) is 4.79 Å². The van der Waals surface area contributed by atoms with Crippen molar-refractivity contribution < 1.29 is 36.6 Å². The van der Waals surface area contributed by atoms with Gasteiger partial charge in [-0.1, -0.05) is 6.07 Å². The number of rotatable bonds is 4. The van der Waals surface area contributed by atoms with Crippen molar-refractivity contribution >= 4 is 12.0 Å². The molecule has 0 bridgehead atoms. The second-order valence-corrected chi connectivity index (χ2v) is 3.31. The van der Waals surface area contributed by atoms with Crippen LogP contribution in [0.5, 0.6) is 5.75 Å². The van der Waals surface area contributed by atoms with E-state index < -0.39 is 30.1 Å². The highest BCUT2D eigenvalue weighted by Gasteiger charge is 2.31. The van der Waals surface area contributed by atoms with Crippen LogP contribution in [0.3, 0.4) is 0 Å². The van der Waals surface area contributed by atoms with E-state index in [1.54, 1.807) is 0 Å². The van der Waals surface area contributed by atoms with Crippen molar-refractivity contribution in [1.29, 1.82) is 0 Å². The molecular formula is C11H7F5O3. The maximum absolute atomic E-state index is 12.6. The van der Waals surface area contributed by atoms with E-state index in [1.165, 1.54) is 0 Å². The van der Waals surface area contributed by atoms with Gasteiger partial charge >= 0.3 is 12.3 Å². The third-order valence-electron chi connectivity index (χ3n) is 1.93. The molecule has 0 saturated carbocycles. The van der Waals surface area contributed by atoms with Gasteiger partial charge in [0.25, 0.3) is 6.43 Å². The molecule has 8 heteroatoms. The molecule has 0 aliphatic rings. The number of halogens is 5. The van der Waals surface area contributed by atoms with Gasteiger partial charge < -0.3 is 9.84 Å². The smallest absolute Gasteiger partial charge is 0.478 e. The number of hydrogen-bond acceptors (Lipinski definition) is 2. The van der Waals surface area contributed by atoms with Crippen LogP contribution in [-0.4, -0.2) is 17.4 Å². The zero-order valence-electron chi connectivity index (χ0n) is 9.12. The quantitative estimate of drug-likeness (QED) is 0.677. The van der Waals surface area contributed by atoms with Crippen molar-refractivity contribution in [2.45, 2.75) is 12.8 Å². The molecule has 0 unspecified atom stereocenters. The molecule has 1 rings (SSSR count). The Kier molecular flexibility index (Phi) is 4.47. The summed E-state index contributed by atoms with van der Waals surface area (Å²) in [5.74, 6) is -2.16. The SMILES string of the molecule is O=C(O)/C=C/c1ccc(OC(F)(F)F)cc1C(F)F. The molecule has 0 atom stereocenters. The van der Waals surface area contributed by atoms with Gasteiger partial charge in [0.15, 0.2) is 0 Å². The van der Waals surface area contributed by atoms with E-state index in [9.17, 15) is 26.7 Å². The van der Waals surface area contributed by atoms with E-state index in [1.807, 2.05) is 0 Å². The minimum absolute atomic E-state index is 0.202. The maximum atomic E-state index is 12.6. The van der Waals surface area contributed by atoms with Crippen LogP contribution < -0.4 is 4.74 Å². The molecule has 0 aliphatic heterocycles. The van der Waals surface area contributed by atoms with Gasteiger partial charge in [0, 0.05) is 11.6 Å². The first-order valence-electron chi connectivity index (χ1n) is 4.78. The molecule has 1 aromatic rings. The molecule has 0 heterocycles. The first kappa shape index (κ1) is 14.9. The number of benzene rings is 1. The van der Waals surface area contributed by atoms with Crippen LogP contribution in [0.1, 0.15) is 17.6 Å². The molecule has 19 heavy (non-hydrogen) atoms. The van der Waals surface area contributed by atoms with Crippen molar-refractivity contribution in [1.82, 2.24) is 0 Å². The van der Waals surface area contributed by atoms with Crippen molar-refractivity contribution in [2.75, 3.05) is 0 Å². The van der Waals surface area contributed by atoms with E-state index in [0.717, 1.165) is 18.2 Å². The molecule has 0 fully saturated rings. The summed E-state index contributed by atoms with van der Waals surface area (Å²) in [6, 6.07) is 2.25. The summed E-state index contributed by atoms with van der Waals surface area (Å²) in [5.41, 5.74) is -0.953. The lowest BCUT2D eigenvalue weighted by molar-refractivity contribution is -0.274. The lowest BCUT2D eigenvalue weighted by atomic mass is 10.1. The van der Waals surface area contributed by atoms with Crippen LogP contribution in [0.15, 0.2) is 24.3 Å². The Morgan fingerprint density at radius 2 is 1.95 bits per heavy atom. The predicted octanol–water partition coefficient (Wildman–Crippen LogP) is 3.62. The first-order valence-corrected chi connectivity index (χ1v) is 4.78. The van der Waals surface area contributed by atoms with Crippen LogP contribution >= 0.6 is 0 Å².